The van der Waals surface area contributed by atoms with Crippen LogP contribution in [0.15, 0.2) is 53.4 Å². The molecule has 2 aromatic carbocycles. The summed E-state index contributed by atoms with van der Waals surface area (Å²) < 4.78 is 31.9. The molecule has 0 aromatic heterocycles. The Morgan fingerprint density at radius 2 is 1.74 bits per heavy atom. The van der Waals surface area contributed by atoms with E-state index in [-0.39, 0.29) is 4.90 Å². The van der Waals surface area contributed by atoms with E-state index < -0.39 is 10.0 Å². The van der Waals surface area contributed by atoms with E-state index in [1.807, 2.05) is 6.92 Å². The van der Waals surface area contributed by atoms with Crippen molar-refractivity contribution in [3.8, 4) is 5.75 Å². The zero-order valence-corrected chi connectivity index (χ0v) is 11.6. The highest BCUT2D eigenvalue weighted by Crippen LogP contribution is 2.23. The zero-order chi connectivity index (χ0) is 13.9. The van der Waals surface area contributed by atoms with Gasteiger partial charge in [0.25, 0.3) is 10.0 Å². The summed E-state index contributed by atoms with van der Waals surface area (Å²) in [4.78, 5) is 0.239. The van der Waals surface area contributed by atoms with E-state index in [1.165, 1.54) is 0 Å². The minimum Gasteiger partial charge on any atom is -0.496 e. The number of anilines is 1. The van der Waals surface area contributed by atoms with Crippen LogP contribution >= 0.6 is 0 Å². The van der Waals surface area contributed by atoms with Crippen LogP contribution in [0.25, 0.3) is 0 Å². The molecule has 19 heavy (non-hydrogen) atoms. The summed E-state index contributed by atoms with van der Waals surface area (Å²) in [6, 6.07) is 13.4. The first kappa shape index (κ1) is 13.4. The predicted octanol–water partition coefficient (Wildman–Crippen LogP) is 2.80. The SMILES string of the molecule is COc1ccc(NS(=O)(=O)c2ccccc2)cc1C. The topological polar surface area (TPSA) is 55.4 Å². The van der Waals surface area contributed by atoms with E-state index in [9.17, 15) is 8.42 Å². The number of benzene rings is 2. The van der Waals surface area contributed by atoms with Crippen LogP contribution in [0.5, 0.6) is 5.75 Å². The largest absolute Gasteiger partial charge is 0.496 e. The normalized spacial score (nSPS) is 11.1. The fraction of sp³-hybridized carbons (Fsp3) is 0.143. The third-order valence-corrected chi connectivity index (χ3v) is 4.10. The molecule has 100 valence electrons. The van der Waals surface area contributed by atoms with Gasteiger partial charge in [-0.1, -0.05) is 18.2 Å². The Morgan fingerprint density at radius 3 is 2.32 bits per heavy atom. The van der Waals surface area contributed by atoms with Crippen LogP contribution in [0.1, 0.15) is 5.56 Å². The molecule has 2 rings (SSSR count). The van der Waals surface area contributed by atoms with E-state index in [0.717, 1.165) is 11.3 Å². The molecule has 5 heteroatoms. The third kappa shape index (κ3) is 3.06. The summed E-state index contributed by atoms with van der Waals surface area (Å²) in [5, 5.41) is 0. The minimum atomic E-state index is -3.54. The van der Waals surface area contributed by atoms with E-state index in [0.29, 0.717) is 5.69 Å². The Bertz CT molecular complexity index is 666. The molecular formula is C14H15NO3S. The van der Waals surface area contributed by atoms with Gasteiger partial charge < -0.3 is 4.74 Å². The highest BCUT2D eigenvalue weighted by molar-refractivity contribution is 7.92. The number of sulfonamides is 1. The average Bonchev–Trinajstić information content (AvgIpc) is 2.39. The Hall–Kier alpha value is -2.01. The van der Waals surface area contributed by atoms with Crippen LogP contribution in [-0.2, 0) is 10.0 Å². The number of methoxy groups -OCH3 is 1. The van der Waals surface area contributed by atoms with Gasteiger partial charge in [0.05, 0.1) is 12.0 Å². The van der Waals surface area contributed by atoms with Crippen molar-refractivity contribution in [2.45, 2.75) is 11.8 Å². The van der Waals surface area contributed by atoms with Gasteiger partial charge in [-0.2, -0.15) is 0 Å². The Balaban J connectivity index is 2.29. The zero-order valence-electron chi connectivity index (χ0n) is 10.8. The second kappa shape index (κ2) is 5.32. The predicted molar refractivity (Wildman–Crippen MR) is 75.0 cm³/mol. The smallest absolute Gasteiger partial charge is 0.261 e. The van der Waals surface area contributed by atoms with E-state index >= 15 is 0 Å². The van der Waals surface area contributed by atoms with E-state index in [2.05, 4.69) is 4.72 Å². The molecule has 0 bridgehead atoms. The summed E-state index contributed by atoms with van der Waals surface area (Å²) in [6.45, 7) is 1.86. The molecule has 0 saturated carbocycles. The molecule has 0 aliphatic carbocycles. The van der Waals surface area contributed by atoms with Gasteiger partial charge in [-0.15, -0.1) is 0 Å². The van der Waals surface area contributed by atoms with Gasteiger partial charge in [-0.3, -0.25) is 4.72 Å². The molecule has 0 spiro atoms. The first-order valence-corrected chi connectivity index (χ1v) is 7.24. The minimum absolute atomic E-state index is 0.239. The molecule has 0 atom stereocenters. The second-order valence-corrected chi connectivity index (χ2v) is 5.79. The quantitative estimate of drug-likeness (QED) is 0.935. The van der Waals surface area contributed by atoms with Crippen LogP contribution in [0, 0.1) is 6.92 Å². The number of rotatable bonds is 4. The van der Waals surface area contributed by atoms with E-state index in [1.54, 1.807) is 55.6 Å². The van der Waals surface area contributed by atoms with Crippen molar-refractivity contribution < 1.29 is 13.2 Å². The second-order valence-electron chi connectivity index (χ2n) is 4.10. The van der Waals surface area contributed by atoms with Gasteiger partial charge in [-0.25, -0.2) is 8.42 Å². The van der Waals surface area contributed by atoms with Crippen molar-refractivity contribution in [3.05, 3.63) is 54.1 Å². The van der Waals surface area contributed by atoms with Crippen molar-refractivity contribution in [1.29, 1.82) is 0 Å². The number of hydrogen-bond acceptors (Lipinski definition) is 3. The maximum absolute atomic E-state index is 12.1. The molecule has 0 saturated heterocycles. The summed E-state index contributed by atoms with van der Waals surface area (Å²) in [7, 11) is -1.96. The summed E-state index contributed by atoms with van der Waals surface area (Å²) in [5.74, 6) is 0.725. The van der Waals surface area contributed by atoms with Gasteiger partial charge in [0, 0.05) is 5.69 Å². The monoisotopic (exact) mass is 277 g/mol. The fourth-order valence-corrected chi connectivity index (χ4v) is 2.83. The van der Waals surface area contributed by atoms with Gasteiger partial charge in [0.1, 0.15) is 5.75 Å². The van der Waals surface area contributed by atoms with Crippen molar-refractivity contribution in [3.63, 3.8) is 0 Å². The van der Waals surface area contributed by atoms with Gasteiger partial charge in [0.2, 0.25) is 0 Å². The van der Waals surface area contributed by atoms with Crippen molar-refractivity contribution >= 4 is 15.7 Å². The molecule has 0 unspecified atom stereocenters. The molecule has 4 nitrogen and oxygen atoms in total. The molecule has 0 amide bonds. The lowest BCUT2D eigenvalue weighted by atomic mass is 10.2. The molecule has 2 aromatic rings. The standard InChI is InChI=1S/C14H15NO3S/c1-11-10-12(8-9-14(11)18-2)15-19(16,17)13-6-4-3-5-7-13/h3-10,15H,1-2H3. The van der Waals surface area contributed by atoms with Gasteiger partial charge >= 0.3 is 0 Å². The van der Waals surface area contributed by atoms with E-state index in [4.69, 9.17) is 4.74 Å². The van der Waals surface area contributed by atoms with Crippen LogP contribution < -0.4 is 9.46 Å². The highest BCUT2D eigenvalue weighted by atomic mass is 32.2. The van der Waals surface area contributed by atoms with Crippen LogP contribution in [0.2, 0.25) is 0 Å². The molecule has 0 heterocycles. The maximum atomic E-state index is 12.1. The van der Waals surface area contributed by atoms with Crippen LogP contribution in [0.4, 0.5) is 5.69 Å². The first-order valence-electron chi connectivity index (χ1n) is 5.75. The lowest BCUT2D eigenvalue weighted by Gasteiger charge is -2.10. The van der Waals surface area contributed by atoms with Crippen LogP contribution in [0.3, 0.4) is 0 Å². The van der Waals surface area contributed by atoms with Crippen LogP contribution in [-0.4, -0.2) is 15.5 Å². The molecule has 0 aliphatic heterocycles. The highest BCUT2D eigenvalue weighted by Gasteiger charge is 2.13. The fourth-order valence-electron chi connectivity index (χ4n) is 1.76. The Labute approximate surface area is 113 Å². The number of ether oxygens (including phenoxy) is 1. The Kier molecular flexibility index (Phi) is 3.76. The summed E-state index contributed by atoms with van der Waals surface area (Å²) in [6.07, 6.45) is 0. The summed E-state index contributed by atoms with van der Waals surface area (Å²) in [5.41, 5.74) is 1.39. The molecule has 1 N–H and O–H groups in total. The first-order chi connectivity index (χ1) is 9.03. The molecular weight excluding hydrogens is 262 g/mol. The lowest BCUT2D eigenvalue weighted by Crippen LogP contribution is -2.12. The van der Waals surface area contributed by atoms with Crippen molar-refractivity contribution in [2.24, 2.45) is 0 Å². The van der Waals surface area contributed by atoms with Gasteiger partial charge in [-0.05, 0) is 42.8 Å². The molecule has 0 aliphatic rings. The average molecular weight is 277 g/mol. The van der Waals surface area contributed by atoms with Crippen molar-refractivity contribution in [1.82, 2.24) is 0 Å². The molecule has 0 radical (unpaired) electrons. The number of hydrogen-bond donors (Lipinski definition) is 1. The third-order valence-electron chi connectivity index (χ3n) is 2.70. The molecule has 0 fully saturated rings. The van der Waals surface area contributed by atoms with Crippen molar-refractivity contribution in [2.75, 3.05) is 11.8 Å². The maximum Gasteiger partial charge on any atom is 0.261 e. The van der Waals surface area contributed by atoms with Gasteiger partial charge in [0.15, 0.2) is 0 Å². The Morgan fingerprint density at radius 1 is 1.05 bits per heavy atom. The lowest BCUT2D eigenvalue weighted by molar-refractivity contribution is 0.412. The number of aryl methyl sites for hydroxylation is 1. The summed E-state index contributed by atoms with van der Waals surface area (Å²) >= 11 is 0. The number of nitrogens with one attached hydrogen (secondary N) is 1.